The molecule has 9 heteroatoms. The third-order valence-corrected chi connectivity index (χ3v) is 4.26. The molecule has 0 saturated carbocycles. The first-order valence-electron chi connectivity index (χ1n) is 8.95. The van der Waals surface area contributed by atoms with Gasteiger partial charge in [-0.2, -0.15) is 4.98 Å². The number of furan rings is 1. The standard InChI is InChI=1S/C19H18N4O5/c1-3-6-14-21-18(28-22-14)11(2)26-15(24)9-23-10-20-16-12-7-4-5-8-13(12)27-17(16)19(23)25/h4-5,7-8,10-11H,3,6,9H2,1-2H3. The van der Waals surface area contributed by atoms with Crippen LogP contribution in [0.15, 0.2) is 44.3 Å². The number of para-hydroxylation sites is 1. The van der Waals surface area contributed by atoms with E-state index in [0.717, 1.165) is 16.4 Å². The van der Waals surface area contributed by atoms with E-state index in [4.69, 9.17) is 13.7 Å². The summed E-state index contributed by atoms with van der Waals surface area (Å²) in [5.74, 6) is 0.160. The number of ether oxygens (including phenoxy) is 1. The predicted molar refractivity (Wildman–Crippen MR) is 98.6 cm³/mol. The van der Waals surface area contributed by atoms with Crippen LogP contribution in [0.5, 0.6) is 0 Å². The fourth-order valence-corrected chi connectivity index (χ4v) is 2.91. The summed E-state index contributed by atoms with van der Waals surface area (Å²) in [5.41, 5.74) is 0.683. The van der Waals surface area contributed by atoms with E-state index in [0.29, 0.717) is 23.3 Å². The highest BCUT2D eigenvalue weighted by molar-refractivity contribution is 6.01. The summed E-state index contributed by atoms with van der Waals surface area (Å²) >= 11 is 0. The average Bonchev–Trinajstić information content (AvgIpc) is 3.29. The second-order valence-corrected chi connectivity index (χ2v) is 6.38. The van der Waals surface area contributed by atoms with Gasteiger partial charge in [0.1, 0.15) is 17.6 Å². The van der Waals surface area contributed by atoms with Crippen LogP contribution in [0, 0.1) is 0 Å². The molecule has 1 aromatic carbocycles. The topological polar surface area (TPSA) is 113 Å². The van der Waals surface area contributed by atoms with Crippen molar-refractivity contribution in [3.05, 3.63) is 52.7 Å². The van der Waals surface area contributed by atoms with Gasteiger partial charge in [0.2, 0.25) is 5.58 Å². The Bertz CT molecular complexity index is 1210. The van der Waals surface area contributed by atoms with Crippen molar-refractivity contribution >= 4 is 28.0 Å². The normalized spacial score (nSPS) is 12.5. The molecule has 0 bridgehead atoms. The fraction of sp³-hybridized carbons (Fsp3) is 0.316. The molecule has 0 saturated heterocycles. The van der Waals surface area contributed by atoms with Gasteiger partial charge in [-0.15, -0.1) is 0 Å². The van der Waals surface area contributed by atoms with Crippen LogP contribution in [0.3, 0.4) is 0 Å². The quantitative estimate of drug-likeness (QED) is 0.468. The Morgan fingerprint density at radius 2 is 2.14 bits per heavy atom. The van der Waals surface area contributed by atoms with Gasteiger partial charge >= 0.3 is 5.97 Å². The third kappa shape index (κ3) is 3.26. The number of hydrogen-bond donors (Lipinski definition) is 0. The monoisotopic (exact) mass is 382 g/mol. The van der Waals surface area contributed by atoms with Crippen LogP contribution in [0.1, 0.15) is 38.1 Å². The number of carbonyl (C=O) groups is 1. The number of aryl methyl sites for hydroxylation is 1. The third-order valence-electron chi connectivity index (χ3n) is 4.26. The molecule has 3 aromatic heterocycles. The van der Waals surface area contributed by atoms with Crippen molar-refractivity contribution < 1.29 is 18.5 Å². The van der Waals surface area contributed by atoms with Crippen molar-refractivity contribution in [3.8, 4) is 0 Å². The van der Waals surface area contributed by atoms with E-state index < -0.39 is 17.6 Å². The molecule has 0 spiro atoms. The van der Waals surface area contributed by atoms with E-state index in [9.17, 15) is 9.59 Å². The Hall–Kier alpha value is -3.49. The van der Waals surface area contributed by atoms with Crippen molar-refractivity contribution in [1.82, 2.24) is 19.7 Å². The largest absolute Gasteiger partial charge is 0.451 e. The Kier molecular flexibility index (Phi) is 4.64. The SMILES string of the molecule is CCCc1noc(C(C)OC(=O)Cn2cnc3c(oc4ccccc43)c2=O)n1. The summed E-state index contributed by atoms with van der Waals surface area (Å²) in [4.78, 5) is 33.4. The van der Waals surface area contributed by atoms with Gasteiger partial charge in [-0.25, -0.2) is 4.98 Å². The maximum atomic E-state index is 12.6. The number of aromatic nitrogens is 4. The molecule has 4 rings (SSSR count). The first-order chi connectivity index (χ1) is 13.6. The van der Waals surface area contributed by atoms with Crippen LogP contribution >= 0.6 is 0 Å². The molecule has 0 aliphatic rings. The van der Waals surface area contributed by atoms with Crippen LogP contribution in [-0.2, 0) is 22.5 Å². The zero-order valence-corrected chi connectivity index (χ0v) is 15.4. The number of hydrogen-bond acceptors (Lipinski definition) is 8. The zero-order valence-electron chi connectivity index (χ0n) is 15.4. The Labute approximate surface area is 158 Å². The lowest BCUT2D eigenvalue weighted by Gasteiger charge is -2.10. The van der Waals surface area contributed by atoms with E-state index in [1.54, 1.807) is 13.0 Å². The van der Waals surface area contributed by atoms with Crippen molar-refractivity contribution in [3.63, 3.8) is 0 Å². The van der Waals surface area contributed by atoms with Crippen molar-refractivity contribution in [1.29, 1.82) is 0 Å². The second kappa shape index (κ2) is 7.26. The van der Waals surface area contributed by atoms with Crippen LogP contribution in [0.2, 0.25) is 0 Å². The molecular weight excluding hydrogens is 364 g/mol. The predicted octanol–water partition coefficient (Wildman–Crippen LogP) is 2.78. The van der Waals surface area contributed by atoms with Crippen LogP contribution in [0.25, 0.3) is 22.1 Å². The number of benzene rings is 1. The number of rotatable bonds is 6. The maximum Gasteiger partial charge on any atom is 0.326 e. The first kappa shape index (κ1) is 17.9. The fourth-order valence-electron chi connectivity index (χ4n) is 2.91. The Morgan fingerprint density at radius 3 is 2.96 bits per heavy atom. The number of fused-ring (bicyclic) bond motifs is 3. The highest BCUT2D eigenvalue weighted by Gasteiger charge is 2.20. The molecule has 144 valence electrons. The van der Waals surface area contributed by atoms with Crippen molar-refractivity contribution in [2.75, 3.05) is 0 Å². The lowest BCUT2D eigenvalue weighted by Crippen LogP contribution is -2.26. The Morgan fingerprint density at radius 1 is 1.32 bits per heavy atom. The van der Waals surface area contributed by atoms with E-state index in [-0.39, 0.29) is 18.0 Å². The van der Waals surface area contributed by atoms with E-state index in [2.05, 4.69) is 15.1 Å². The van der Waals surface area contributed by atoms with E-state index in [1.807, 2.05) is 25.1 Å². The van der Waals surface area contributed by atoms with Gasteiger partial charge in [0.05, 0.1) is 6.33 Å². The highest BCUT2D eigenvalue weighted by Crippen LogP contribution is 2.24. The van der Waals surface area contributed by atoms with Gasteiger partial charge in [0, 0.05) is 11.8 Å². The van der Waals surface area contributed by atoms with E-state index >= 15 is 0 Å². The summed E-state index contributed by atoms with van der Waals surface area (Å²) in [5, 5.41) is 4.58. The second-order valence-electron chi connectivity index (χ2n) is 6.38. The molecule has 1 unspecified atom stereocenters. The molecule has 0 radical (unpaired) electrons. The van der Waals surface area contributed by atoms with Crippen LogP contribution < -0.4 is 5.56 Å². The molecule has 0 N–H and O–H groups in total. The smallest absolute Gasteiger partial charge is 0.326 e. The number of esters is 1. The van der Waals surface area contributed by atoms with Gasteiger partial charge < -0.3 is 13.7 Å². The molecule has 0 fully saturated rings. The van der Waals surface area contributed by atoms with Gasteiger partial charge in [-0.05, 0) is 25.5 Å². The van der Waals surface area contributed by atoms with E-state index in [1.165, 1.54) is 6.33 Å². The van der Waals surface area contributed by atoms with Crippen LogP contribution in [-0.4, -0.2) is 25.7 Å². The molecule has 0 amide bonds. The molecule has 4 aromatic rings. The van der Waals surface area contributed by atoms with Gasteiger partial charge in [0.15, 0.2) is 11.9 Å². The Balaban J connectivity index is 1.52. The first-order valence-corrected chi connectivity index (χ1v) is 8.95. The van der Waals surface area contributed by atoms with Crippen molar-refractivity contribution in [2.45, 2.75) is 39.3 Å². The maximum absolute atomic E-state index is 12.6. The summed E-state index contributed by atoms with van der Waals surface area (Å²) in [6.45, 7) is 3.33. The minimum atomic E-state index is -0.718. The summed E-state index contributed by atoms with van der Waals surface area (Å²) in [7, 11) is 0. The van der Waals surface area contributed by atoms with Gasteiger partial charge in [0.25, 0.3) is 11.4 Å². The summed E-state index contributed by atoms with van der Waals surface area (Å²) < 4.78 is 17.2. The molecule has 0 aliphatic heterocycles. The zero-order chi connectivity index (χ0) is 19.7. The molecule has 0 aliphatic carbocycles. The van der Waals surface area contributed by atoms with Gasteiger partial charge in [-0.1, -0.05) is 24.2 Å². The lowest BCUT2D eigenvalue weighted by molar-refractivity contribution is -0.150. The van der Waals surface area contributed by atoms with Crippen molar-refractivity contribution in [2.24, 2.45) is 0 Å². The molecule has 1 atom stereocenters. The average molecular weight is 382 g/mol. The number of carbonyl (C=O) groups excluding carboxylic acids is 1. The highest BCUT2D eigenvalue weighted by atomic mass is 16.6. The molecule has 9 nitrogen and oxygen atoms in total. The minimum absolute atomic E-state index is 0.102. The summed E-state index contributed by atoms with van der Waals surface area (Å²) in [6.07, 6.45) is 2.16. The number of nitrogens with zero attached hydrogens (tertiary/aromatic N) is 4. The van der Waals surface area contributed by atoms with Gasteiger partial charge in [-0.3, -0.25) is 14.2 Å². The lowest BCUT2D eigenvalue weighted by atomic mass is 10.2. The molecule has 28 heavy (non-hydrogen) atoms. The minimum Gasteiger partial charge on any atom is -0.451 e. The summed E-state index contributed by atoms with van der Waals surface area (Å²) in [6, 6.07) is 7.23. The van der Waals surface area contributed by atoms with Crippen LogP contribution in [0.4, 0.5) is 0 Å². The molecule has 3 heterocycles. The molecular formula is C19H18N4O5.